The summed E-state index contributed by atoms with van der Waals surface area (Å²) in [5.41, 5.74) is 0.933. The van der Waals surface area contributed by atoms with E-state index < -0.39 is 16.1 Å². The van der Waals surface area contributed by atoms with Crippen molar-refractivity contribution in [3.05, 3.63) is 29.3 Å². The third-order valence-electron chi connectivity index (χ3n) is 1.87. The summed E-state index contributed by atoms with van der Waals surface area (Å²) >= 11 is 0. The average Bonchev–Trinajstić information content (AvgIpc) is 2.08. The van der Waals surface area contributed by atoms with Gasteiger partial charge >= 0.3 is 16.1 Å². The number of carboxylic acids is 1. The number of benzene rings is 1. The standard InChI is InChI=1S/C10H12O5S/c1-7-4-3-5-8(6-9(11)12)10(7)15-16(2,13)14/h3-5H,6H2,1-2H3,(H,11,12). The number of rotatable bonds is 4. The highest BCUT2D eigenvalue weighted by molar-refractivity contribution is 7.86. The molecule has 0 aliphatic heterocycles. The smallest absolute Gasteiger partial charge is 0.307 e. The first-order valence-electron chi connectivity index (χ1n) is 4.49. The monoisotopic (exact) mass is 244 g/mol. The maximum absolute atomic E-state index is 11.0. The van der Waals surface area contributed by atoms with Crippen LogP contribution in [-0.2, 0) is 21.3 Å². The number of hydrogen-bond donors (Lipinski definition) is 1. The van der Waals surface area contributed by atoms with Crippen LogP contribution in [0.4, 0.5) is 0 Å². The molecule has 0 spiro atoms. The van der Waals surface area contributed by atoms with Gasteiger partial charge in [-0.15, -0.1) is 0 Å². The van der Waals surface area contributed by atoms with Crippen molar-refractivity contribution < 1.29 is 22.5 Å². The van der Waals surface area contributed by atoms with Crippen LogP contribution in [0.2, 0.25) is 0 Å². The van der Waals surface area contributed by atoms with Gasteiger partial charge in [-0.25, -0.2) is 0 Å². The van der Waals surface area contributed by atoms with Crippen molar-refractivity contribution in [2.75, 3.05) is 6.26 Å². The summed E-state index contributed by atoms with van der Waals surface area (Å²) in [4.78, 5) is 10.6. The first-order valence-corrected chi connectivity index (χ1v) is 6.31. The average molecular weight is 244 g/mol. The Labute approximate surface area is 93.8 Å². The lowest BCUT2D eigenvalue weighted by Gasteiger charge is -2.10. The molecule has 6 heteroatoms. The van der Waals surface area contributed by atoms with Crippen molar-refractivity contribution in [2.45, 2.75) is 13.3 Å². The third-order valence-corrected chi connectivity index (χ3v) is 2.34. The van der Waals surface area contributed by atoms with Crippen molar-refractivity contribution in [3.63, 3.8) is 0 Å². The molecular formula is C10H12O5S. The van der Waals surface area contributed by atoms with Gasteiger partial charge in [-0.05, 0) is 12.5 Å². The molecule has 0 aromatic heterocycles. The van der Waals surface area contributed by atoms with Crippen LogP contribution in [-0.4, -0.2) is 25.7 Å². The van der Waals surface area contributed by atoms with Crippen molar-refractivity contribution >= 4 is 16.1 Å². The normalized spacial score (nSPS) is 11.1. The van der Waals surface area contributed by atoms with Crippen LogP contribution >= 0.6 is 0 Å². The van der Waals surface area contributed by atoms with E-state index in [9.17, 15) is 13.2 Å². The van der Waals surface area contributed by atoms with Crippen molar-refractivity contribution in [2.24, 2.45) is 0 Å². The topological polar surface area (TPSA) is 80.7 Å². The van der Waals surface area contributed by atoms with Gasteiger partial charge < -0.3 is 9.29 Å². The lowest BCUT2D eigenvalue weighted by molar-refractivity contribution is -0.136. The second-order valence-electron chi connectivity index (χ2n) is 3.42. The summed E-state index contributed by atoms with van der Waals surface area (Å²) in [5, 5.41) is 8.68. The fourth-order valence-corrected chi connectivity index (χ4v) is 1.83. The zero-order valence-electron chi connectivity index (χ0n) is 8.93. The predicted octanol–water partition coefficient (Wildman–Crippen LogP) is 0.961. The molecule has 16 heavy (non-hydrogen) atoms. The Kier molecular flexibility index (Phi) is 3.54. The molecule has 88 valence electrons. The van der Waals surface area contributed by atoms with Crippen LogP contribution in [0.1, 0.15) is 11.1 Å². The van der Waals surface area contributed by atoms with Crippen molar-refractivity contribution in [1.29, 1.82) is 0 Å². The lowest BCUT2D eigenvalue weighted by Crippen LogP contribution is -2.10. The van der Waals surface area contributed by atoms with E-state index >= 15 is 0 Å². The van der Waals surface area contributed by atoms with Gasteiger partial charge in [0.2, 0.25) is 0 Å². The number of hydrogen-bond acceptors (Lipinski definition) is 4. The van der Waals surface area contributed by atoms with Gasteiger partial charge in [0, 0.05) is 5.56 Å². The van der Waals surface area contributed by atoms with E-state index in [0.717, 1.165) is 6.26 Å². The van der Waals surface area contributed by atoms with E-state index in [-0.39, 0.29) is 12.2 Å². The Hall–Kier alpha value is -1.56. The molecule has 0 aliphatic carbocycles. The maximum Gasteiger partial charge on any atom is 0.307 e. The first kappa shape index (κ1) is 12.5. The number of aliphatic carboxylic acids is 1. The molecule has 0 amide bonds. The van der Waals surface area contributed by atoms with Gasteiger partial charge in [-0.2, -0.15) is 8.42 Å². The van der Waals surface area contributed by atoms with Gasteiger partial charge in [0.25, 0.3) is 0 Å². The number of carboxylic acid groups (broad SMARTS) is 1. The molecule has 1 aromatic carbocycles. The fourth-order valence-electron chi connectivity index (χ4n) is 1.29. The minimum Gasteiger partial charge on any atom is -0.481 e. The summed E-state index contributed by atoms with van der Waals surface area (Å²) in [5.74, 6) is -0.934. The van der Waals surface area contributed by atoms with Crippen LogP contribution in [0, 0.1) is 6.92 Å². The summed E-state index contributed by atoms with van der Waals surface area (Å²) in [6.45, 7) is 1.66. The minimum absolute atomic E-state index is 0.104. The Balaban J connectivity index is 3.18. The summed E-state index contributed by atoms with van der Waals surface area (Å²) in [7, 11) is -3.65. The predicted molar refractivity (Wildman–Crippen MR) is 58.0 cm³/mol. The highest BCUT2D eigenvalue weighted by Crippen LogP contribution is 2.25. The fraction of sp³-hybridized carbons (Fsp3) is 0.300. The second-order valence-corrected chi connectivity index (χ2v) is 5.00. The molecule has 0 atom stereocenters. The van der Waals surface area contributed by atoms with Gasteiger partial charge in [0.15, 0.2) is 0 Å². The molecule has 0 heterocycles. The number of aryl methyl sites for hydroxylation is 1. The first-order chi connectivity index (χ1) is 7.29. The zero-order valence-corrected chi connectivity index (χ0v) is 9.74. The Bertz CT molecular complexity index is 504. The third kappa shape index (κ3) is 3.54. The molecule has 0 bridgehead atoms. The molecule has 0 aliphatic rings. The second kappa shape index (κ2) is 4.52. The molecule has 1 rings (SSSR count). The van der Waals surface area contributed by atoms with Crippen LogP contribution in [0.15, 0.2) is 18.2 Å². The van der Waals surface area contributed by atoms with E-state index in [4.69, 9.17) is 9.29 Å². The number of carbonyl (C=O) groups is 1. The molecule has 5 nitrogen and oxygen atoms in total. The highest BCUT2D eigenvalue weighted by Gasteiger charge is 2.14. The molecule has 0 unspecified atom stereocenters. The molecule has 1 aromatic rings. The summed E-state index contributed by atoms with van der Waals surface area (Å²) in [6.07, 6.45) is 0.649. The largest absolute Gasteiger partial charge is 0.481 e. The molecule has 0 fully saturated rings. The van der Waals surface area contributed by atoms with Gasteiger partial charge in [0.05, 0.1) is 12.7 Å². The minimum atomic E-state index is -3.65. The Morgan fingerprint density at radius 2 is 2.06 bits per heavy atom. The van der Waals surface area contributed by atoms with Gasteiger partial charge in [-0.1, -0.05) is 18.2 Å². The van der Waals surface area contributed by atoms with Gasteiger partial charge in [0.1, 0.15) is 5.75 Å². The molecule has 1 N–H and O–H groups in total. The van der Waals surface area contributed by atoms with Crippen molar-refractivity contribution in [1.82, 2.24) is 0 Å². The number of para-hydroxylation sites is 1. The van der Waals surface area contributed by atoms with Crippen LogP contribution < -0.4 is 4.18 Å². The molecule has 0 saturated carbocycles. The quantitative estimate of drug-likeness (QED) is 0.798. The van der Waals surface area contributed by atoms with E-state index in [1.165, 1.54) is 6.07 Å². The van der Waals surface area contributed by atoms with E-state index in [2.05, 4.69) is 0 Å². The lowest BCUT2D eigenvalue weighted by atomic mass is 10.1. The molecular weight excluding hydrogens is 232 g/mol. The van der Waals surface area contributed by atoms with Crippen LogP contribution in [0.25, 0.3) is 0 Å². The van der Waals surface area contributed by atoms with E-state index in [1.54, 1.807) is 19.1 Å². The summed E-state index contributed by atoms with van der Waals surface area (Å²) < 4.78 is 26.8. The van der Waals surface area contributed by atoms with E-state index in [1.807, 2.05) is 0 Å². The Morgan fingerprint density at radius 3 is 2.56 bits per heavy atom. The molecule has 0 radical (unpaired) electrons. The van der Waals surface area contributed by atoms with Crippen molar-refractivity contribution in [3.8, 4) is 5.75 Å². The zero-order chi connectivity index (χ0) is 12.3. The van der Waals surface area contributed by atoms with Crippen LogP contribution in [0.3, 0.4) is 0 Å². The maximum atomic E-state index is 11.0. The molecule has 0 saturated heterocycles. The van der Waals surface area contributed by atoms with Gasteiger partial charge in [-0.3, -0.25) is 4.79 Å². The summed E-state index contributed by atoms with van der Waals surface area (Å²) in [6, 6.07) is 4.84. The highest BCUT2D eigenvalue weighted by atomic mass is 32.2. The van der Waals surface area contributed by atoms with Crippen LogP contribution in [0.5, 0.6) is 5.75 Å². The van der Waals surface area contributed by atoms with E-state index in [0.29, 0.717) is 11.1 Å². The Morgan fingerprint density at radius 1 is 1.44 bits per heavy atom. The SMILES string of the molecule is Cc1cccc(CC(=O)O)c1OS(C)(=O)=O.